The molecule has 0 bridgehead atoms. The lowest BCUT2D eigenvalue weighted by Gasteiger charge is -2.28. The quantitative estimate of drug-likeness (QED) is 0.295. The number of nitrogens with zero attached hydrogens (tertiary/aromatic N) is 6. The summed E-state index contributed by atoms with van der Waals surface area (Å²) in [6.45, 7) is 1.19. The summed E-state index contributed by atoms with van der Waals surface area (Å²) in [5, 5.41) is 21.6. The van der Waals surface area contributed by atoms with Gasteiger partial charge in [-0.1, -0.05) is 17.3 Å². The van der Waals surface area contributed by atoms with Crippen molar-refractivity contribution in [3.05, 3.63) is 70.4 Å². The van der Waals surface area contributed by atoms with E-state index in [1.54, 1.807) is 6.07 Å². The van der Waals surface area contributed by atoms with Gasteiger partial charge in [-0.15, -0.1) is 18.3 Å². The number of rotatable bonds is 12. The Hall–Kier alpha value is -4.78. The Bertz CT molecular complexity index is 1540. The first-order valence-corrected chi connectivity index (χ1v) is 13.8. The predicted molar refractivity (Wildman–Crippen MR) is 148 cm³/mol. The topological polar surface area (TPSA) is 147 Å². The Morgan fingerprint density at radius 3 is 2.66 bits per heavy atom. The Balaban J connectivity index is 1.20. The lowest BCUT2D eigenvalue weighted by atomic mass is 9.99. The number of ether oxygens (including phenoxy) is 1. The van der Waals surface area contributed by atoms with E-state index in [0.717, 1.165) is 16.8 Å². The molecular weight excluding hydrogens is 588 g/mol. The van der Waals surface area contributed by atoms with Gasteiger partial charge in [-0.2, -0.15) is 5.26 Å². The fourth-order valence-electron chi connectivity index (χ4n) is 4.58. The summed E-state index contributed by atoms with van der Waals surface area (Å²) in [6.07, 6.45) is -2.18. The average Bonchev–Trinajstić information content (AvgIpc) is 3.43. The molecule has 0 aliphatic carbocycles. The number of hydrogen-bond donors (Lipinski definition) is 2. The largest absolute Gasteiger partial charge is 0.573 e. The number of benzene rings is 1. The van der Waals surface area contributed by atoms with Crippen molar-refractivity contribution in [1.82, 2.24) is 29.8 Å². The number of pyridine rings is 1. The van der Waals surface area contributed by atoms with Crippen LogP contribution in [0.4, 0.5) is 23.2 Å². The Labute approximate surface area is 249 Å². The molecule has 3 aromatic rings. The highest BCUT2D eigenvalue weighted by atomic mass is 19.4. The molecule has 44 heavy (non-hydrogen) atoms. The molecule has 2 N–H and O–H groups in total. The molecule has 2 amide bonds. The zero-order valence-electron chi connectivity index (χ0n) is 23.5. The first-order valence-electron chi connectivity index (χ1n) is 13.8. The van der Waals surface area contributed by atoms with E-state index >= 15 is 0 Å². The molecule has 0 spiro atoms. The molecule has 1 fully saturated rings. The number of aromatic nitrogens is 4. The number of likely N-dealkylation sites (tertiary alicyclic amines) is 1. The number of anilines is 1. The number of nitrogens with one attached hydrogen (secondary N) is 2. The van der Waals surface area contributed by atoms with Crippen LogP contribution in [-0.4, -0.2) is 68.4 Å². The maximum absolute atomic E-state index is 14.7. The second-order valence-electron chi connectivity index (χ2n) is 10.3. The van der Waals surface area contributed by atoms with Gasteiger partial charge < -0.3 is 19.9 Å². The predicted octanol–water partition coefficient (Wildman–Crippen LogP) is 2.87. The van der Waals surface area contributed by atoms with Crippen molar-refractivity contribution in [3.63, 3.8) is 0 Å². The molecule has 12 nitrogen and oxygen atoms in total. The number of hydrogen-bond acceptors (Lipinski definition) is 8. The maximum atomic E-state index is 14.7. The van der Waals surface area contributed by atoms with E-state index in [1.807, 2.05) is 4.90 Å². The normalized spacial score (nSPS) is 14.9. The minimum Gasteiger partial charge on any atom is -0.406 e. The van der Waals surface area contributed by atoms with Crippen molar-refractivity contribution in [2.45, 2.75) is 51.4 Å². The van der Waals surface area contributed by atoms with Gasteiger partial charge in [-0.25, -0.2) is 9.07 Å². The minimum absolute atomic E-state index is 0.0172. The fourth-order valence-corrected chi connectivity index (χ4v) is 4.58. The average molecular weight is 619 g/mol. The Morgan fingerprint density at radius 2 is 1.95 bits per heavy atom. The van der Waals surface area contributed by atoms with Crippen LogP contribution in [0.1, 0.15) is 35.3 Å². The molecule has 1 unspecified atom stereocenters. The van der Waals surface area contributed by atoms with Crippen molar-refractivity contribution in [2.24, 2.45) is 5.92 Å². The van der Waals surface area contributed by atoms with Crippen molar-refractivity contribution < 1.29 is 31.9 Å². The van der Waals surface area contributed by atoms with Gasteiger partial charge in [-0.05, 0) is 56.1 Å². The molecule has 4 rings (SSSR count). The smallest absolute Gasteiger partial charge is 0.406 e. The highest BCUT2D eigenvalue weighted by Crippen LogP contribution is 2.23. The lowest BCUT2D eigenvalue weighted by molar-refractivity contribution is -0.274. The molecule has 2 aromatic heterocycles. The summed E-state index contributed by atoms with van der Waals surface area (Å²) in [6, 6.07) is 10.2. The molecule has 1 aliphatic heterocycles. The lowest BCUT2D eigenvalue weighted by Crippen LogP contribution is -2.39. The molecule has 234 valence electrons. The van der Waals surface area contributed by atoms with Gasteiger partial charge in [0.1, 0.15) is 11.9 Å². The highest BCUT2D eigenvalue weighted by Gasteiger charge is 2.31. The van der Waals surface area contributed by atoms with Crippen LogP contribution in [0.2, 0.25) is 0 Å². The first-order chi connectivity index (χ1) is 21.0. The van der Waals surface area contributed by atoms with E-state index in [9.17, 15) is 31.9 Å². The number of carbonyl (C=O) groups is 2. The molecule has 16 heteroatoms. The van der Waals surface area contributed by atoms with Crippen LogP contribution in [0.15, 0.2) is 53.6 Å². The minimum atomic E-state index is -4.84. The first kappa shape index (κ1) is 32.1. The summed E-state index contributed by atoms with van der Waals surface area (Å²) < 4.78 is 58.2. The summed E-state index contributed by atoms with van der Waals surface area (Å²) in [5.41, 5.74) is 0.158. The Morgan fingerprint density at radius 1 is 1.18 bits per heavy atom. The third kappa shape index (κ3) is 9.90. The SMILES string of the molecule is N#CC1CCN(CC(=O)Nc2ccn(CCC(F)Cn3cc(C(=O)NCc4cccc(OC(F)(F)F)c4)nn3)c(=O)c2)CC1. The van der Waals surface area contributed by atoms with Gasteiger partial charge in [0, 0.05) is 37.0 Å². The molecule has 1 aliphatic rings. The van der Waals surface area contributed by atoms with Crippen molar-refractivity contribution in [3.8, 4) is 11.8 Å². The van der Waals surface area contributed by atoms with Crippen LogP contribution < -0.4 is 20.9 Å². The van der Waals surface area contributed by atoms with Gasteiger partial charge in [-0.3, -0.25) is 19.3 Å². The van der Waals surface area contributed by atoms with Crippen molar-refractivity contribution in [2.75, 3.05) is 25.0 Å². The molecule has 1 aromatic carbocycles. The standard InChI is InChI=1S/C28H30F4N8O4/c29-21(6-10-39-11-7-22(13-26(39)42)35-25(41)18-38-8-4-19(14-33)5-9-38)16-40-17-24(36-37-40)27(43)34-15-20-2-1-3-23(12-20)44-28(30,31)32/h1-3,7,11-13,17,19,21H,4-6,8-10,15-16,18H2,(H,34,43)(H,35,41). The van der Waals surface area contributed by atoms with Crippen LogP contribution in [0.5, 0.6) is 5.75 Å². The number of amides is 2. The number of piperidine rings is 1. The van der Waals surface area contributed by atoms with Gasteiger partial charge in [0.25, 0.3) is 11.5 Å². The third-order valence-electron chi connectivity index (χ3n) is 6.84. The van der Waals surface area contributed by atoms with Crippen LogP contribution in [0, 0.1) is 17.2 Å². The van der Waals surface area contributed by atoms with E-state index in [-0.39, 0.29) is 50.1 Å². The molecular formula is C28H30F4N8O4. The van der Waals surface area contributed by atoms with Crippen LogP contribution in [-0.2, 0) is 24.4 Å². The zero-order valence-corrected chi connectivity index (χ0v) is 23.5. The maximum Gasteiger partial charge on any atom is 0.573 e. The number of alkyl halides is 4. The molecule has 0 saturated carbocycles. The summed E-state index contributed by atoms with van der Waals surface area (Å²) in [7, 11) is 0. The molecule has 1 saturated heterocycles. The Kier molecular flexibility index (Phi) is 10.7. The second-order valence-corrected chi connectivity index (χ2v) is 10.3. The van der Waals surface area contributed by atoms with E-state index in [4.69, 9.17) is 5.26 Å². The zero-order chi connectivity index (χ0) is 31.7. The van der Waals surface area contributed by atoms with Gasteiger partial charge in [0.15, 0.2) is 5.69 Å². The summed E-state index contributed by atoms with van der Waals surface area (Å²) >= 11 is 0. The van der Waals surface area contributed by atoms with Gasteiger partial charge in [0.05, 0.1) is 25.4 Å². The highest BCUT2D eigenvalue weighted by molar-refractivity contribution is 5.92. The van der Waals surface area contributed by atoms with Crippen LogP contribution in [0.25, 0.3) is 0 Å². The van der Waals surface area contributed by atoms with Crippen LogP contribution in [0.3, 0.4) is 0 Å². The molecule has 3 heterocycles. The van der Waals surface area contributed by atoms with E-state index < -0.39 is 29.7 Å². The summed E-state index contributed by atoms with van der Waals surface area (Å²) in [4.78, 5) is 39.2. The number of halogens is 4. The molecule has 1 atom stereocenters. The van der Waals surface area contributed by atoms with E-state index in [2.05, 4.69) is 31.8 Å². The molecule has 0 radical (unpaired) electrons. The monoisotopic (exact) mass is 618 g/mol. The fraction of sp³-hybridized carbons (Fsp3) is 0.429. The van der Waals surface area contributed by atoms with E-state index in [1.165, 1.54) is 35.2 Å². The number of carbonyl (C=O) groups excluding carboxylic acids is 2. The number of aryl methyl sites for hydroxylation is 1. The van der Waals surface area contributed by atoms with Crippen molar-refractivity contribution >= 4 is 17.5 Å². The van der Waals surface area contributed by atoms with E-state index in [0.29, 0.717) is 37.2 Å². The van der Waals surface area contributed by atoms with Gasteiger partial charge in [0.2, 0.25) is 5.91 Å². The third-order valence-corrected chi connectivity index (χ3v) is 6.84. The van der Waals surface area contributed by atoms with Crippen molar-refractivity contribution in [1.29, 1.82) is 5.26 Å². The second kappa shape index (κ2) is 14.6. The number of nitriles is 1. The summed E-state index contributed by atoms with van der Waals surface area (Å²) in [5.74, 6) is -1.33. The van der Waals surface area contributed by atoms with Gasteiger partial charge >= 0.3 is 6.36 Å². The van der Waals surface area contributed by atoms with Crippen LogP contribution >= 0.6 is 0 Å².